The van der Waals surface area contributed by atoms with E-state index in [-0.39, 0.29) is 53.8 Å². The Morgan fingerprint density at radius 3 is 2.64 bits per heavy atom. The molecule has 3 heterocycles. The third-order valence-electron chi connectivity index (χ3n) is 5.70. The van der Waals surface area contributed by atoms with E-state index in [0.717, 1.165) is 6.07 Å². The fraction of sp³-hybridized carbons (Fsp3) is 0.381. The molecule has 33 heavy (non-hydrogen) atoms. The topological polar surface area (TPSA) is 114 Å². The molecule has 176 valence electrons. The van der Waals surface area contributed by atoms with Crippen molar-refractivity contribution < 1.29 is 31.4 Å². The number of benzene rings is 1. The number of aromatic nitrogens is 3. The lowest BCUT2D eigenvalue weighted by atomic mass is 9.91. The molecule has 2 N–H and O–H groups in total. The summed E-state index contributed by atoms with van der Waals surface area (Å²) in [5, 5.41) is 14.4. The lowest BCUT2D eigenvalue weighted by molar-refractivity contribution is 0.0217. The molecular weight excluding hydrogens is 461 g/mol. The van der Waals surface area contributed by atoms with Crippen molar-refractivity contribution in [2.75, 3.05) is 23.9 Å². The minimum Gasteiger partial charge on any atom is -0.479 e. The van der Waals surface area contributed by atoms with E-state index in [1.54, 1.807) is 0 Å². The van der Waals surface area contributed by atoms with Crippen LogP contribution < -0.4 is 10.1 Å². The van der Waals surface area contributed by atoms with Gasteiger partial charge in [-0.15, -0.1) is 0 Å². The van der Waals surface area contributed by atoms with E-state index >= 15 is 0 Å². The first-order valence-electron chi connectivity index (χ1n) is 10.1. The summed E-state index contributed by atoms with van der Waals surface area (Å²) >= 11 is 0. The number of hydrogen-bond donors (Lipinski definition) is 2. The summed E-state index contributed by atoms with van der Waals surface area (Å²) in [4.78, 5) is 12.7. The van der Waals surface area contributed by atoms with Gasteiger partial charge in [0, 0.05) is 12.1 Å². The number of pyridine rings is 1. The highest BCUT2D eigenvalue weighted by Gasteiger charge is 2.39. The Labute approximate surface area is 187 Å². The fourth-order valence-electron chi connectivity index (χ4n) is 3.77. The second-order valence-electron chi connectivity index (χ2n) is 7.79. The van der Waals surface area contributed by atoms with E-state index in [9.17, 15) is 26.7 Å². The van der Waals surface area contributed by atoms with Gasteiger partial charge in [-0.3, -0.25) is 0 Å². The van der Waals surface area contributed by atoms with Crippen molar-refractivity contribution in [2.45, 2.75) is 31.4 Å². The Morgan fingerprint density at radius 1 is 1.24 bits per heavy atom. The van der Waals surface area contributed by atoms with Crippen molar-refractivity contribution in [1.82, 2.24) is 15.0 Å². The summed E-state index contributed by atoms with van der Waals surface area (Å²) in [5.74, 6) is -1.02. The number of rotatable bonds is 6. The Hall–Kier alpha value is -2.99. The highest BCUT2D eigenvalue weighted by Crippen LogP contribution is 2.37. The Balaban J connectivity index is 1.71. The summed E-state index contributed by atoms with van der Waals surface area (Å²) in [6.45, 7) is -0.138. The van der Waals surface area contributed by atoms with Gasteiger partial charge in [-0.2, -0.15) is 0 Å². The maximum Gasteiger partial charge on any atom is 0.266 e. The van der Waals surface area contributed by atoms with E-state index in [0.29, 0.717) is 10.9 Å². The molecule has 0 radical (unpaired) electrons. The number of aliphatic hydroxyl groups is 1. The molecule has 0 atom stereocenters. The number of nitrogens with zero attached hydrogens (tertiary/aromatic N) is 3. The normalized spacial score (nSPS) is 17.3. The van der Waals surface area contributed by atoms with Crippen molar-refractivity contribution in [3.63, 3.8) is 0 Å². The first-order valence-corrected chi connectivity index (χ1v) is 11.9. The highest BCUT2D eigenvalue weighted by molar-refractivity contribution is 7.91. The molecule has 1 aliphatic rings. The molecule has 0 amide bonds. The number of hydrogen-bond acceptors (Lipinski definition) is 8. The van der Waals surface area contributed by atoms with Gasteiger partial charge in [0.05, 0.1) is 35.3 Å². The lowest BCUT2D eigenvalue weighted by Crippen LogP contribution is -2.37. The van der Waals surface area contributed by atoms with Gasteiger partial charge < -0.3 is 15.2 Å². The Bertz CT molecular complexity index is 1290. The van der Waals surface area contributed by atoms with Gasteiger partial charge in [0.25, 0.3) is 6.43 Å². The number of ether oxygens (including phenoxy) is 1. The molecule has 1 aromatic carbocycles. The van der Waals surface area contributed by atoms with Crippen LogP contribution in [0.4, 0.5) is 19.0 Å². The fourth-order valence-corrected chi connectivity index (χ4v) is 5.27. The zero-order valence-corrected chi connectivity index (χ0v) is 18.4. The number of alkyl halides is 2. The molecule has 0 unspecified atom stereocenters. The molecule has 2 aromatic heterocycles. The molecule has 0 bridgehead atoms. The molecule has 1 fully saturated rings. The van der Waals surface area contributed by atoms with E-state index < -0.39 is 33.2 Å². The van der Waals surface area contributed by atoms with Crippen LogP contribution in [0.15, 0.2) is 30.6 Å². The van der Waals surface area contributed by atoms with Crippen LogP contribution in [0, 0.1) is 5.82 Å². The first-order chi connectivity index (χ1) is 15.6. The zero-order chi connectivity index (χ0) is 23.8. The Morgan fingerprint density at radius 2 is 1.97 bits per heavy atom. The SMILES string of the molecule is COc1nc(C2(O)CCS(=O)(=O)CC2)cc2c(NCc3cccc(C(F)F)c3F)ncnc12. The van der Waals surface area contributed by atoms with Crippen LogP contribution in [0.25, 0.3) is 10.9 Å². The molecule has 8 nitrogen and oxygen atoms in total. The van der Waals surface area contributed by atoms with Crippen molar-refractivity contribution >= 4 is 26.6 Å². The van der Waals surface area contributed by atoms with Crippen LogP contribution in [0.5, 0.6) is 5.88 Å². The van der Waals surface area contributed by atoms with E-state index in [1.807, 2.05) is 0 Å². The van der Waals surface area contributed by atoms with Crippen LogP contribution >= 0.6 is 0 Å². The number of fused-ring (bicyclic) bond motifs is 1. The summed E-state index contributed by atoms with van der Waals surface area (Å²) in [5.41, 5.74) is -1.64. The third-order valence-corrected chi connectivity index (χ3v) is 7.36. The maximum absolute atomic E-state index is 14.4. The van der Waals surface area contributed by atoms with Crippen LogP contribution in [0.2, 0.25) is 0 Å². The summed E-state index contributed by atoms with van der Waals surface area (Å²) in [6.07, 6.45) is -1.76. The monoisotopic (exact) mass is 482 g/mol. The first kappa shape index (κ1) is 23.2. The van der Waals surface area contributed by atoms with Gasteiger partial charge in [0.15, 0.2) is 9.84 Å². The quantitative estimate of drug-likeness (QED) is 0.551. The maximum atomic E-state index is 14.4. The van der Waals surface area contributed by atoms with E-state index in [2.05, 4.69) is 20.3 Å². The number of nitrogens with one attached hydrogen (secondary N) is 1. The smallest absolute Gasteiger partial charge is 0.266 e. The number of anilines is 1. The van der Waals surface area contributed by atoms with Gasteiger partial charge in [-0.25, -0.2) is 36.5 Å². The zero-order valence-electron chi connectivity index (χ0n) is 17.6. The molecule has 0 aliphatic carbocycles. The molecule has 0 saturated carbocycles. The van der Waals surface area contributed by atoms with Crippen molar-refractivity contribution in [1.29, 1.82) is 0 Å². The summed E-state index contributed by atoms with van der Waals surface area (Å²) in [6, 6.07) is 5.29. The van der Waals surface area contributed by atoms with E-state index in [4.69, 9.17) is 4.74 Å². The van der Waals surface area contributed by atoms with Crippen LogP contribution in [0.1, 0.15) is 36.1 Å². The number of methoxy groups -OCH3 is 1. The standard InChI is InChI=1S/C21H21F3N4O4S/c1-32-20-17-14(9-15(28-20)21(29)5-7-33(30,31)8-6-21)19(27-11-26-17)25-10-12-3-2-4-13(16(12)22)18(23)24/h2-4,9,11,18,29H,5-8,10H2,1H3,(H,25,26,27). The minimum atomic E-state index is -3.23. The average Bonchev–Trinajstić information content (AvgIpc) is 2.79. The lowest BCUT2D eigenvalue weighted by Gasteiger charge is -2.31. The van der Waals surface area contributed by atoms with Crippen molar-refractivity contribution in [2.24, 2.45) is 0 Å². The molecule has 4 rings (SSSR count). The second kappa shape index (κ2) is 8.75. The van der Waals surface area contributed by atoms with Gasteiger partial charge in [-0.05, 0) is 18.9 Å². The van der Waals surface area contributed by atoms with Gasteiger partial charge >= 0.3 is 0 Å². The van der Waals surface area contributed by atoms with Crippen molar-refractivity contribution in [3.8, 4) is 5.88 Å². The molecule has 12 heteroatoms. The predicted molar refractivity (Wildman–Crippen MR) is 114 cm³/mol. The summed E-state index contributed by atoms with van der Waals surface area (Å²) < 4.78 is 69.4. The number of halogens is 3. The molecule has 1 aliphatic heterocycles. The second-order valence-corrected chi connectivity index (χ2v) is 10.1. The highest BCUT2D eigenvalue weighted by atomic mass is 32.2. The molecular formula is C21H21F3N4O4S. The average molecular weight is 482 g/mol. The largest absolute Gasteiger partial charge is 0.479 e. The molecule has 0 spiro atoms. The van der Waals surface area contributed by atoms with Gasteiger partial charge in [-0.1, -0.05) is 18.2 Å². The van der Waals surface area contributed by atoms with Crippen LogP contribution in [-0.2, 0) is 22.0 Å². The summed E-state index contributed by atoms with van der Waals surface area (Å²) in [7, 11) is -1.85. The minimum absolute atomic E-state index is 0.0249. The van der Waals surface area contributed by atoms with Gasteiger partial charge in [0.2, 0.25) is 5.88 Å². The Kier molecular flexibility index (Phi) is 6.14. The molecule has 3 aromatic rings. The number of sulfone groups is 1. The van der Waals surface area contributed by atoms with Gasteiger partial charge in [0.1, 0.15) is 29.1 Å². The third kappa shape index (κ3) is 4.58. The van der Waals surface area contributed by atoms with E-state index in [1.165, 1.54) is 31.6 Å². The van der Waals surface area contributed by atoms with Crippen molar-refractivity contribution in [3.05, 3.63) is 53.2 Å². The van der Waals surface area contributed by atoms with Crippen LogP contribution in [0.3, 0.4) is 0 Å². The van der Waals surface area contributed by atoms with Crippen LogP contribution in [-0.4, -0.2) is 47.1 Å². The predicted octanol–water partition coefficient (Wildman–Crippen LogP) is 3.12. The molecule has 1 saturated heterocycles.